The second kappa shape index (κ2) is 6.88. The molecule has 1 amide bonds. The molecule has 0 aromatic heterocycles. The summed E-state index contributed by atoms with van der Waals surface area (Å²) in [6, 6.07) is 2.63. The summed E-state index contributed by atoms with van der Waals surface area (Å²) in [6.07, 6.45) is 2.52. The lowest BCUT2D eigenvalue weighted by atomic mass is 9.92. The lowest BCUT2D eigenvalue weighted by molar-refractivity contribution is -0.138. The quantitative estimate of drug-likeness (QED) is 0.803. The maximum Gasteiger partial charge on any atom is 0.225 e. The van der Waals surface area contributed by atoms with Crippen molar-refractivity contribution in [3.05, 3.63) is 0 Å². The number of rotatable bonds is 3. The monoisotopic (exact) mass is 264 g/mol. The minimum Gasteiger partial charge on any atom is -0.340 e. The van der Waals surface area contributed by atoms with E-state index in [1.165, 1.54) is 0 Å². The number of hydrogen-bond acceptors (Lipinski definition) is 4. The van der Waals surface area contributed by atoms with Crippen LogP contribution >= 0.6 is 0 Å². The van der Waals surface area contributed by atoms with Crippen molar-refractivity contribution in [3.63, 3.8) is 0 Å². The van der Waals surface area contributed by atoms with Gasteiger partial charge in [0, 0.05) is 51.1 Å². The fourth-order valence-electron chi connectivity index (χ4n) is 3.01. The lowest BCUT2D eigenvalue weighted by Crippen LogP contribution is -2.52. The van der Waals surface area contributed by atoms with Gasteiger partial charge in [-0.15, -0.1) is 0 Å². The number of carbonyl (C=O) groups is 1. The van der Waals surface area contributed by atoms with E-state index in [9.17, 15) is 4.79 Å². The van der Waals surface area contributed by atoms with Crippen molar-refractivity contribution in [2.75, 3.05) is 39.3 Å². The number of nitriles is 1. The van der Waals surface area contributed by atoms with Crippen LogP contribution in [-0.4, -0.2) is 61.0 Å². The van der Waals surface area contributed by atoms with Crippen molar-refractivity contribution in [1.82, 2.24) is 15.1 Å². The van der Waals surface area contributed by atoms with Gasteiger partial charge >= 0.3 is 0 Å². The molecule has 106 valence electrons. The fourth-order valence-corrected chi connectivity index (χ4v) is 3.01. The molecule has 0 bridgehead atoms. The molecule has 0 saturated carbocycles. The van der Waals surface area contributed by atoms with Gasteiger partial charge in [0.15, 0.2) is 0 Å². The summed E-state index contributed by atoms with van der Waals surface area (Å²) in [7, 11) is 0. The van der Waals surface area contributed by atoms with Crippen molar-refractivity contribution in [2.45, 2.75) is 32.2 Å². The Morgan fingerprint density at radius 1 is 1.37 bits per heavy atom. The second-order valence-electron chi connectivity index (χ2n) is 5.65. The van der Waals surface area contributed by atoms with Gasteiger partial charge in [-0.05, 0) is 26.3 Å². The van der Waals surface area contributed by atoms with Crippen molar-refractivity contribution in [1.29, 1.82) is 5.26 Å². The highest BCUT2D eigenvalue weighted by Crippen LogP contribution is 2.19. The van der Waals surface area contributed by atoms with Crippen LogP contribution in [-0.2, 0) is 4.79 Å². The molecule has 1 N–H and O–H groups in total. The number of piperazine rings is 1. The van der Waals surface area contributed by atoms with Gasteiger partial charge in [0.05, 0.1) is 6.07 Å². The molecule has 2 aliphatic rings. The smallest absolute Gasteiger partial charge is 0.225 e. The Hall–Kier alpha value is -1.12. The van der Waals surface area contributed by atoms with Crippen LogP contribution in [0.4, 0.5) is 0 Å². The van der Waals surface area contributed by atoms with E-state index in [0.717, 1.165) is 52.1 Å². The third-order valence-electron chi connectivity index (χ3n) is 4.20. The van der Waals surface area contributed by atoms with Crippen molar-refractivity contribution in [2.24, 2.45) is 5.92 Å². The van der Waals surface area contributed by atoms with E-state index in [-0.39, 0.29) is 5.92 Å². The zero-order valence-electron chi connectivity index (χ0n) is 11.8. The minimum absolute atomic E-state index is 0.210. The maximum absolute atomic E-state index is 12.4. The standard InChI is InChI=1S/C14H24N4O/c1-12-11-13(3-5-16-12)14(19)18-9-7-17(8-10-18)6-2-4-15/h12-13,16H,2-3,5-11H2,1H3. The third kappa shape index (κ3) is 3.92. The second-order valence-corrected chi connectivity index (χ2v) is 5.65. The number of hydrogen-bond donors (Lipinski definition) is 1. The maximum atomic E-state index is 12.4. The number of carbonyl (C=O) groups excluding carboxylic acids is 1. The van der Waals surface area contributed by atoms with Crippen molar-refractivity contribution >= 4 is 5.91 Å². The average molecular weight is 264 g/mol. The summed E-state index contributed by atoms with van der Waals surface area (Å²) in [4.78, 5) is 16.7. The van der Waals surface area contributed by atoms with Gasteiger partial charge in [-0.25, -0.2) is 0 Å². The topological polar surface area (TPSA) is 59.4 Å². The van der Waals surface area contributed by atoms with Crippen LogP contribution < -0.4 is 5.32 Å². The highest BCUT2D eigenvalue weighted by Gasteiger charge is 2.30. The summed E-state index contributed by atoms with van der Waals surface area (Å²) < 4.78 is 0. The molecule has 2 saturated heterocycles. The molecular weight excluding hydrogens is 240 g/mol. The number of nitrogens with zero attached hydrogens (tertiary/aromatic N) is 3. The molecule has 19 heavy (non-hydrogen) atoms. The molecule has 2 aliphatic heterocycles. The summed E-state index contributed by atoms with van der Waals surface area (Å²) in [5.41, 5.74) is 0. The van der Waals surface area contributed by atoms with Crippen LogP contribution in [0.25, 0.3) is 0 Å². The van der Waals surface area contributed by atoms with Gasteiger partial charge in [0.2, 0.25) is 5.91 Å². The fraction of sp³-hybridized carbons (Fsp3) is 0.857. The number of nitrogens with one attached hydrogen (secondary N) is 1. The molecule has 0 spiro atoms. The molecule has 0 aromatic carbocycles. The molecule has 0 radical (unpaired) electrons. The van der Waals surface area contributed by atoms with Crippen molar-refractivity contribution in [3.8, 4) is 6.07 Å². The predicted octanol–water partition coefficient (Wildman–Crippen LogP) is 0.432. The molecule has 2 heterocycles. The molecule has 5 nitrogen and oxygen atoms in total. The van der Waals surface area contributed by atoms with Gasteiger partial charge in [0.1, 0.15) is 0 Å². The Balaban J connectivity index is 1.77. The Labute approximate surface area is 115 Å². The van der Waals surface area contributed by atoms with E-state index < -0.39 is 0 Å². The Morgan fingerprint density at radius 2 is 2.11 bits per heavy atom. The first-order valence-electron chi connectivity index (χ1n) is 7.32. The van der Waals surface area contributed by atoms with E-state index in [0.29, 0.717) is 18.4 Å². The normalized spacial score (nSPS) is 28.9. The first-order valence-corrected chi connectivity index (χ1v) is 7.32. The van der Waals surface area contributed by atoms with Crippen LogP contribution in [0.15, 0.2) is 0 Å². The molecule has 2 rings (SSSR count). The summed E-state index contributed by atoms with van der Waals surface area (Å²) in [5.74, 6) is 0.551. The molecule has 2 unspecified atom stereocenters. The highest BCUT2D eigenvalue weighted by atomic mass is 16.2. The lowest BCUT2D eigenvalue weighted by Gasteiger charge is -2.37. The summed E-state index contributed by atoms with van der Waals surface area (Å²) in [5, 5.41) is 12.0. The van der Waals surface area contributed by atoms with Crippen molar-refractivity contribution < 1.29 is 4.79 Å². The minimum atomic E-state index is 0.210. The molecule has 5 heteroatoms. The van der Waals surface area contributed by atoms with Crippen LogP contribution in [0.2, 0.25) is 0 Å². The first-order chi connectivity index (χ1) is 9.20. The molecule has 2 fully saturated rings. The zero-order valence-corrected chi connectivity index (χ0v) is 11.8. The zero-order chi connectivity index (χ0) is 13.7. The SMILES string of the molecule is CC1CC(C(=O)N2CCN(CCC#N)CC2)CCN1. The first kappa shape index (κ1) is 14.3. The van der Waals surface area contributed by atoms with E-state index >= 15 is 0 Å². The largest absolute Gasteiger partial charge is 0.340 e. The van der Waals surface area contributed by atoms with Gasteiger partial charge in [-0.2, -0.15) is 5.26 Å². The third-order valence-corrected chi connectivity index (χ3v) is 4.20. The van der Waals surface area contributed by atoms with Gasteiger partial charge < -0.3 is 10.2 Å². The molecule has 0 aliphatic carbocycles. The van der Waals surface area contributed by atoms with E-state index in [2.05, 4.69) is 23.2 Å². The highest BCUT2D eigenvalue weighted by molar-refractivity contribution is 5.79. The Morgan fingerprint density at radius 3 is 2.74 bits per heavy atom. The number of amides is 1. The Bertz CT molecular complexity index is 344. The predicted molar refractivity (Wildman–Crippen MR) is 73.4 cm³/mol. The van der Waals surface area contributed by atoms with Crippen LogP contribution in [0.3, 0.4) is 0 Å². The molecular formula is C14H24N4O. The van der Waals surface area contributed by atoms with Gasteiger partial charge in [-0.3, -0.25) is 9.69 Å². The Kier molecular flexibility index (Phi) is 5.17. The van der Waals surface area contributed by atoms with Gasteiger partial charge in [0.25, 0.3) is 0 Å². The van der Waals surface area contributed by atoms with E-state index in [4.69, 9.17) is 5.26 Å². The average Bonchev–Trinajstić information content (AvgIpc) is 2.45. The molecule has 0 aromatic rings. The summed E-state index contributed by atoms with van der Waals surface area (Å²) in [6.45, 7) is 7.41. The van der Waals surface area contributed by atoms with E-state index in [1.807, 2.05) is 4.90 Å². The van der Waals surface area contributed by atoms with Crippen LogP contribution in [0.5, 0.6) is 0 Å². The van der Waals surface area contributed by atoms with E-state index in [1.54, 1.807) is 0 Å². The van der Waals surface area contributed by atoms with Gasteiger partial charge in [-0.1, -0.05) is 0 Å². The number of piperidine rings is 1. The van der Waals surface area contributed by atoms with Crippen LogP contribution in [0.1, 0.15) is 26.2 Å². The van der Waals surface area contributed by atoms with Crippen LogP contribution in [0, 0.1) is 17.2 Å². The summed E-state index contributed by atoms with van der Waals surface area (Å²) >= 11 is 0. The molecule has 2 atom stereocenters.